The molecule has 8 nitrogen and oxygen atoms in total. The summed E-state index contributed by atoms with van der Waals surface area (Å²) < 4.78 is 0. The lowest BCUT2D eigenvalue weighted by atomic mass is 10.1. The normalized spacial score (nSPS) is 12.0. The molecular formula is C19H15N5O3S2. The van der Waals surface area contributed by atoms with Gasteiger partial charge in [-0.1, -0.05) is 36.0 Å². The van der Waals surface area contributed by atoms with Gasteiger partial charge in [0.25, 0.3) is 5.69 Å². The van der Waals surface area contributed by atoms with Crippen LogP contribution in [-0.2, 0) is 4.79 Å². The summed E-state index contributed by atoms with van der Waals surface area (Å²) in [5.74, 6) is -0.199. The van der Waals surface area contributed by atoms with Gasteiger partial charge in [0.2, 0.25) is 5.91 Å². The van der Waals surface area contributed by atoms with Crippen molar-refractivity contribution in [1.82, 2.24) is 15.0 Å². The van der Waals surface area contributed by atoms with Crippen LogP contribution in [0.2, 0.25) is 0 Å². The largest absolute Gasteiger partial charge is 0.333 e. The molecule has 2 aromatic carbocycles. The number of nitrogens with one attached hydrogen (secondary N) is 2. The monoisotopic (exact) mass is 425 g/mol. The number of carbonyl (C=O) groups is 1. The van der Waals surface area contributed by atoms with Crippen molar-refractivity contribution in [3.05, 3.63) is 64.0 Å². The lowest BCUT2D eigenvalue weighted by molar-refractivity contribution is -0.384. The third-order valence-electron chi connectivity index (χ3n) is 4.11. The predicted molar refractivity (Wildman–Crippen MR) is 114 cm³/mol. The van der Waals surface area contributed by atoms with Crippen molar-refractivity contribution in [3.63, 3.8) is 0 Å². The number of non-ortho nitro benzene ring substituents is 1. The van der Waals surface area contributed by atoms with Crippen molar-refractivity contribution < 1.29 is 9.72 Å². The topological polar surface area (TPSA) is 114 Å². The van der Waals surface area contributed by atoms with Crippen LogP contribution in [0.25, 0.3) is 22.3 Å². The van der Waals surface area contributed by atoms with Gasteiger partial charge in [-0.25, -0.2) is 9.97 Å². The van der Waals surface area contributed by atoms with E-state index in [0.717, 1.165) is 11.0 Å². The number of nitro groups is 1. The smallest absolute Gasteiger partial charge is 0.270 e. The van der Waals surface area contributed by atoms with Crippen molar-refractivity contribution in [2.45, 2.75) is 17.3 Å². The molecule has 2 heterocycles. The van der Waals surface area contributed by atoms with Crippen LogP contribution >= 0.6 is 23.1 Å². The Bertz CT molecular complexity index is 1170. The lowest BCUT2D eigenvalue weighted by Gasteiger charge is -2.08. The van der Waals surface area contributed by atoms with Crippen LogP contribution in [0.5, 0.6) is 0 Å². The number of thiazole rings is 1. The van der Waals surface area contributed by atoms with Crippen molar-refractivity contribution in [2.24, 2.45) is 0 Å². The molecule has 0 bridgehead atoms. The van der Waals surface area contributed by atoms with E-state index in [9.17, 15) is 14.9 Å². The average Bonchev–Trinajstić information content (AvgIpc) is 3.34. The van der Waals surface area contributed by atoms with Crippen LogP contribution in [0.4, 0.5) is 10.8 Å². The highest BCUT2D eigenvalue weighted by atomic mass is 32.2. The number of nitro benzene ring substituents is 1. The zero-order valence-electron chi connectivity index (χ0n) is 15.2. The second kappa shape index (κ2) is 8.02. The van der Waals surface area contributed by atoms with Gasteiger partial charge < -0.3 is 10.3 Å². The first-order valence-electron chi connectivity index (χ1n) is 8.62. The molecule has 0 saturated carbocycles. The maximum atomic E-state index is 12.5. The molecule has 0 aliphatic carbocycles. The SMILES string of the molecule is CC(Sc1nc2ccccc2[nH]1)C(=O)Nc1nc(-c2cccc([N+](=O)[O-])c2)cs1. The summed E-state index contributed by atoms with van der Waals surface area (Å²) in [6, 6.07) is 13.9. The first-order chi connectivity index (χ1) is 14.0. The van der Waals surface area contributed by atoms with E-state index in [4.69, 9.17) is 0 Å². The standard InChI is InChI=1S/C19H15N5O3S2/c1-11(29-19-20-14-7-2-3-8-15(14)21-19)17(25)23-18-22-16(10-28-18)12-5-4-6-13(9-12)24(26)27/h2-11H,1H3,(H,20,21)(H,22,23,25). The molecule has 1 amide bonds. The second-order valence-electron chi connectivity index (χ2n) is 6.15. The van der Waals surface area contributed by atoms with Crippen LogP contribution in [0.3, 0.4) is 0 Å². The summed E-state index contributed by atoms with van der Waals surface area (Å²) in [5.41, 5.74) is 2.97. The highest BCUT2D eigenvalue weighted by Crippen LogP contribution is 2.29. The van der Waals surface area contributed by atoms with Crippen molar-refractivity contribution >= 4 is 50.9 Å². The number of aromatic nitrogens is 3. The third-order valence-corrected chi connectivity index (χ3v) is 5.85. The first kappa shape index (κ1) is 19.1. The van der Waals surface area contributed by atoms with Gasteiger partial charge in [0, 0.05) is 23.1 Å². The highest BCUT2D eigenvalue weighted by Gasteiger charge is 2.18. The number of aromatic amines is 1. The van der Waals surface area contributed by atoms with Gasteiger partial charge in [-0.15, -0.1) is 11.3 Å². The Labute approximate surface area is 173 Å². The fourth-order valence-corrected chi connectivity index (χ4v) is 4.20. The van der Waals surface area contributed by atoms with Crippen LogP contribution in [0, 0.1) is 10.1 Å². The number of H-pyrrole nitrogens is 1. The summed E-state index contributed by atoms with van der Waals surface area (Å²) in [7, 11) is 0. The molecule has 1 unspecified atom stereocenters. The Hall–Kier alpha value is -3.24. The number of nitrogens with zero attached hydrogens (tertiary/aromatic N) is 3. The number of imidazole rings is 1. The minimum Gasteiger partial charge on any atom is -0.333 e. The van der Waals surface area contributed by atoms with Crippen LogP contribution in [0.15, 0.2) is 59.1 Å². The summed E-state index contributed by atoms with van der Waals surface area (Å²) >= 11 is 2.60. The quantitative estimate of drug-likeness (QED) is 0.263. The number of amides is 1. The fourth-order valence-electron chi connectivity index (χ4n) is 2.66. The Balaban J connectivity index is 1.43. The lowest BCUT2D eigenvalue weighted by Crippen LogP contribution is -2.22. The van der Waals surface area contributed by atoms with Crippen LogP contribution in [-0.4, -0.2) is 31.0 Å². The maximum Gasteiger partial charge on any atom is 0.270 e. The Morgan fingerprint density at radius 2 is 2.07 bits per heavy atom. The summed E-state index contributed by atoms with van der Waals surface area (Å²) in [6.45, 7) is 1.79. The average molecular weight is 425 g/mol. The summed E-state index contributed by atoms with van der Waals surface area (Å²) in [6.07, 6.45) is 0. The molecule has 2 N–H and O–H groups in total. The number of benzene rings is 2. The number of anilines is 1. The van der Waals surface area contributed by atoms with Gasteiger partial charge in [0.1, 0.15) is 0 Å². The Kier molecular flexibility index (Phi) is 5.28. The van der Waals surface area contributed by atoms with E-state index in [1.807, 2.05) is 24.3 Å². The highest BCUT2D eigenvalue weighted by molar-refractivity contribution is 8.00. The molecular weight excluding hydrogens is 410 g/mol. The fraction of sp³-hybridized carbons (Fsp3) is 0.105. The number of carbonyl (C=O) groups excluding carboxylic acids is 1. The molecule has 0 radical (unpaired) electrons. The van der Waals surface area contributed by atoms with E-state index in [0.29, 0.717) is 21.5 Å². The minimum absolute atomic E-state index is 0.00283. The molecule has 146 valence electrons. The molecule has 0 fully saturated rings. The maximum absolute atomic E-state index is 12.5. The minimum atomic E-state index is -0.449. The third kappa shape index (κ3) is 4.28. The molecule has 0 saturated heterocycles. The zero-order chi connectivity index (χ0) is 20.4. The number of rotatable bonds is 6. The number of fused-ring (bicyclic) bond motifs is 1. The molecule has 10 heteroatoms. The number of hydrogen-bond acceptors (Lipinski definition) is 7. The van der Waals surface area contributed by atoms with Gasteiger partial charge in [0.15, 0.2) is 10.3 Å². The Morgan fingerprint density at radius 3 is 2.86 bits per heavy atom. The van der Waals surface area contributed by atoms with Gasteiger partial charge >= 0.3 is 0 Å². The molecule has 29 heavy (non-hydrogen) atoms. The molecule has 0 aliphatic heterocycles. The number of hydrogen-bond donors (Lipinski definition) is 2. The predicted octanol–water partition coefficient (Wildman–Crippen LogP) is 4.71. The Morgan fingerprint density at radius 1 is 1.24 bits per heavy atom. The summed E-state index contributed by atoms with van der Waals surface area (Å²) in [4.78, 5) is 35.0. The van der Waals surface area contributed by atoms with Crippen LogP contribution < -0.4 is 5.32 Å². The van der Waals surface area contributed by atoms with Crippen molar-refractivity contribution in [1.29, 1.82) is 0 Å². The van der Waals surface area contributed by atoms with Crippen molar-refractivity contribution in [2.75, 3.05) is 5.32 Å². The van der Waals surface area contributed by atoms with Gasteiger partial charge in [-0.2, -0.15) is 0 Å². The molecule has 2 aromatic heterocycles. The summed E-state index contributed by atoms with van der Waals surface area (Å²) in [5, 5.41) is 16.2. The van der Waals surface area contributed by atoms with Gasteiger partial charge in [-0.05, 0) is 19.1 Å². The van der Waals surface area contributed by atoms with E-state index >= 15 is 0 Å². The van der Waals surface area contributed by atoms with E-state index < -0.39 is 4.92 Å². The zero-order valence-corrected chi connectivity index (χ0v) is 16.8. The first-order valence-corrected chi connectivity index (χ1v) is 10.4. The van der Waals surface area contributed by atoms with Gasteiger partial charge in [0.05, 0.1) is 26.9 Å². The molecule has 4 aromatic rings. The number of para-hydroxylation sites is 2. The van der Waals surface area contributed by atoms with Crippen LogP contribution in [0.1, 0.15) is 6.92 Å². The van der Waals surface area contributed by atoms with E-state index in [1.165, 1.54) is 35.2 Å². The molecule has 0 spiro atoms. The van der Waals surface area contributed by atoms with Gasteiger partial charge in [-0.3, -0.25) is 14.9 Å². The van der Waals surface area contributed by atoms with E-state index in [2.05, 4.69) is 20.3 Å². The van der Waals surface area contributed by atoms with E-state index in [1.54, 1.807) is 24.4 Å². The van der Waals surface area contributed by atoms with Crippen molar-refractivity contribution in [3.8, 4) is 11.3 Å². The molecule has 4 rings (SSSR count). The number of thioether (sulfide) groups is 1. The molecule has 1 atom stereocenters. The molecule has 0 aliphatic rings. The van der Waals surface area contributed by atoms with E-state index in [-0.39, 0.29) is 16.8 Å². The second-order valence-corrected chi connectivity index (χ2v) is 8.34.